The van der Waals surface area contributed by atoms with Crippen LogP contribution in [0.2, 0.25) is 0 Å². The molecule has 0 radical (unpaired) electrons. The van der Waals surface area contributed by atoms with Crippen molar-refractivity contribution in [3.8, 4) is 0 Å². The van der Waals surface area contributed by atoms with E-state index in [4.69, 9.17) is 0 Å². The third kappa shape index (κ3) is 38.0. The van der Waals surface area contributed by atoms with E-state index in [0.717, 1.165) is 7.11 Å². The van der Waals surface area contributed by atoms with Gasteiger partial charge < -0.3 is 4.74 Å². The molecule has 0 rings (SSSR count). The van der Waals surface area contributed by atoms with Gasteiger partial charge in [-0.15, -0.1) is 0 Å². The minimum atomic E-state index is -3.58. The molecule has 0 amide bonds. The summed E-state index contributed by atoms with van der Waals surface area (Å²) in [5.41, 5.74) is 0. The highest BCUT2D eigenvalue weighted by molar-refractivity contribution is 4.66. The lowest BCUT2D eigenvalue weighted by Crippen LogP contribution is -2.20. The van der Waals surface area contributed by atoms with E-state index in [2.05, 4.69) is 4.74 Å². The number of hydrogen-bond acceptors (Lipinski definition) is 1. The van der Waals surface area contributed by atoms with Crippen molar-refractivity contribution in [3.63, 3.8) is 0 Å². The van der Waals surface area contributed by atoms with E-state index in [-0.39, 0.29) is 0 Å². The summed E-state index contributed by atoms with van der Waals surface area (Å²) in [6.07, 6.45) is -6.62. The van der Waals surface area contributed by atoms with Gasteiger partial charge in [0.25, 0.3) is 6.08 Å². The van der Waals surface area contributed by atoms with E-state index in [9.17, 15) is 35.1 Å². The minimum Gasteiger partial charge on any atom is -0.322 e. The molecule has 102 valence electrons. The summed E-state index contributed by atoms with van der Waals surface area (Å²) >= 11 is 0. The van der Waals surface area contributed by atoms with E-state index < -0.39 is 25.2 Å². The van der Waals surface area contributed by atoms with Gasteiger partial charge in [0, 0.05) is 7.11 Å². The molecule has 16 heavy (non-hydrogen) atoms. The van der Waals surface area contributed by atoms with E-state index in [1.165, 1.54) is 0 Å². The molecule has 0 spiro atoms. The largest absolute Gasteiger partial charge is 0.383 e. The molecule has 0 aliphatic rings. The van der Waals surface area contributed by atoms with Crippen LogP contribution in [-0.4, -0.2) is 34.2 Å². The summed E-state index contributed by atoms with van der Waals surface area (Å²) in [6, 6.07) is 0. The molecule has 0 aliphatic carbocycles. The molecule has 0 aromatic rings. The normalized spacial score (nSPS) is 8.19. The van der Waals surface area contributed by atoms with Gasteiger partial charge in [-0.1, -0.05) is 0 Å². The third-order valence-corrected chi connectivity index (χ3v) is 0.537. The maximum Gasteiger partial charge on any atom is 0.383 e. The van der Waals surface area contributed by atoms with Gasteiger partial charge in [-0.2, -0.15) is 17.6 Å². The minimum absolute atomic E-state index is 0.500. The molecule has 0 aliphatic heterocycles. The quantitative estimate of drug-likeness (QED) is 0.683. The number of halogens is 8. The van der Waals surface area contributed by atoms with Crippen LogP contribution in [-0.2, 0) is 4.74 Å². The monoisotopic (exact) mass is 264 g/mol. The number of hydrogen-bond donors (Lipinski definition) is 0. The van der Waals surface area contributed by atoms with Gasteiger partial charge in [0.1, 0.15) is 0 Å². The molecule has 0 aromatic carbocycles. The molecule has 0 unspecified atom stereocenters. The Labute approximate surface area is 87.7 Å². The Hall–Kier alpha value is -0.860. The maximum absolute atomic E-state index is 11.3. The van der Waals surface area contributed by atoms with Gasteiger partial charge in [0.2, 0.25) is 0 Å². The highest BCUT2D eigenvalue weighted by Gasteiger charge is 2.27. The number of methoxy groups -OCH3 is 1. The summed E-state index contributed by atoms with van der Waals surface area (Å²) < 4.78 is 86.5. The van der Waals surface area contributed by atoms with Gasteiger partial charge in [0.15, 0.2) is 13.0 Å². The molecule has 0 atom stereocenters. The predicted octanol–water partition coefficient (Wildman–Crippen LogP) is 4.06. The van der Waals surface area contributed by atoms with Gasteiger partial charge in [-0.25, -0.2) is 8.78 Å². The zero-order valence-electron chi connectivity index (χ0n) is 8.72. The molecule has 0 saturated heterocycles. The standard InChI is InChI=1S/C3H5F3O.C2HF3.2CH3F/c1-7-3(5,6)2-4;3-1-2(4)5;2*1-2/h2H2,1H3;1H;2*1H3. The van der Waals surface area contributed by atoms with Gasteiger partial charge in [0.05, 0.1) is 14.4 Å². The molecule has 1 nitrogen and oxygen atoms in total. The van der Waals surface area contributed by atoms with Crippen LogP contribution in [0.25, 0.3) is 0 Å². The Bertz CT molecular complexity index is 128. The van der Waals surface area contributed by atoms with Gasteiger partial charge in [-0.3, -0.25) is 8.78 Å². The van der Waals surface area contributed by atoms with Crippen LogP contribution in [0.4, 0.5) is 35.1 Å². The first kappa shape index (κ1) is 24.4. The molecular formula is C7H12F8O. The fraction of sp³-hybridized carbons (Fsp3) is 0.714. The summed E-state index contributed by atoms with van der Waals surface area (Å²) in [4.78, 5) is 0. The molecule has 9 heteroatoms. The summed E-state index contributed by atoms with van der Waals surface area (Å²) in [5.74, 6) is 0. The average molecular weight is 264 g/mol. The number of ether oxygens (including phenoxy) is 1. The average Bonchev–Trinajstić information content (AvgIpc) is 2.35. The second-order valence-electron chi connectivity index (χ2n) is 1.37. The highest BCUT2D eigenvalue weighted by atomic mass is 19.3. The molecular weight excluding hydrogens is 252 g/mol. The van der Waals surface area contributed by atoms with Crippen molar-refractivity contribution in [1.82, 2.24) is 0 Å². The third-order valence-electron chi connectivity index (χ3n) is 0.537. The Balaban J connectivity index is -0.0000000704. The van der Waals surface area contributed by atoms with Gasteiger partial charge >= 0.3 is 6.11 Å². The van der Waals surface area contributed by atoms with Crippen LogP contribution >= 0.6 is 0 Å². The predicted molar refractivity (Wildman–Crippen MR) is 43.4 cm³/mol. The van der Waals surface area contributed by atoms with Crippen molar-refractivity contribution in [1.29, 1.82) is 0 Å². The summed E-state index contributed by atoms with van der Waals surface area (Å²) in [7, 11) is 1.75. The van der Waals surface area contributed by atoms with Crippen LogP contribution in [0.1, 0.15) is 0 Å². The molecule has 0 aromatic heterocycles. The van der Waals surface area contributed by atoms with Crippen LogP contribution < -0.4 is 0 Å². The lowest BCUT2D eigenvalue weighted by Gasteiger charge is -2.06. The van der Waals surface area contributed by atoms with Crippen LogP contribution in [0.5, 0.6) is 0 Å². The highest BCUT2D eigenvalue weighted by Crippen LogP contribution is 2.12. The first-order chi connectivity index (χ1) is 7.39. The lowest BCUT2D eigenvalue weighted by molar-refractivity contribution is -0.229. The Kier molecular flexibility index (Phi) is 30.0. The zero-order chi connectivity index (χ0) is 14.2. The SMILES string of the molecule is CF.CF.COC(F)(F)CF.FC=C(F)F. The first-order valence-corrected chi connectivity index (χ1v) is 3.25. The van der Waals surface area contributed by atoms with E-state index in [1.54, 1.807) is 0 Å². The van der Waals surface area contributed by atoms with E-state index in [1.807, 2.05) is 0 Å². The van der Waals surface area contributed by atoms with Gasteiger partial charge in [-0.05, 0) is 0 Å². The fourth-order valence-corrected chi connectivity index (χ4v) is 0.0546. The topological polar surface area (TPSA) is 9.23 Å². The fourth-order valence-electron chi connectivity index (χ4n) is 0.0546. The van der Waals surface area contributed by atoms with Crippen LogP contribution in [0, 0.1) is 0 Å². The lowest BCUT2D eigenvalue weighted by atomic mass is 10.7. The molecule has 0 saturated carbocycles. The van der Waals surface area contributed by atoms with Crippen LogP contribution in [0.15, 0.2) is 12.4 Å². The number of alkyl halides is 5. The zero-order valence-corrected chi connectivity index (χ0v) is 8.72. The summed E-state index contributed by atoms with van der Waals surface area (Å²) in [5, 5.41) is 0. The van der Waals surface area contributed by atoms with Crippen molar-refractivity contribution < 1.29 is 39.9 Å². The van der Waals surface area contributed by atoms with Crippen molar-refractivity contribution in [2.75, 3.05) is 28.1 Å². The maximum atomic E-state index is 11.3. The van der Waals surface area contributed by atoms with Crippen molar-refractivity contribution in [3.05, 3.63) is 12.4 Å². The molecule has 0 heterocycles. The molecule has 0 bridgehead atoms. The van der Waals surface area contributed by atoms with Crippen molar-refractivity contribution in [2.24, 2.45) is 0 Å². The first-order valence-electron chi connectivity index (χ1n) is 3.25. The van der Waals surface area contributed by atoms with Crippen LogP contribution in [0.3, 0.4) is 0 Å². The smallest absolute Gasteiger partial charge is 0.322 e. The second kappa shape index (κ2) is 19.7. The molecule has 0 fully saturated rings. The van der Waals surface area contributed by atoms with E-state index in [0.29, 0.717) is 14.4 Å². The van der Waals surface area contributed by atoms with E-state index >= 15 is 0 Å². The Morgan fingerprint density at radius 1 is 1.12 bits per heavy atom. The summed E-state index contributed by atoms with van der Waals surface area (Å²) in [6.45, 7) is -1.76. The second-order valence-corrected chi connectivity index (χ2v) is 1.37. The van der Waals surface area contributed by atoms with Crippen molar-refractivity contribution in [2.45, 2.75) is 6.11 Å². The Morgan fingerprint density at radius 2 is 1.38 bits per heavy atom. The molecule has 0 N–H and O–H groups in total. The number of rotatable bonds is 2. The Morgan fingerprint density at radius 3 is 1.38 bits per heavy atom. The van der Waals surface area contributed by atoms with Crippen molar-refractivity contribution >= 4 is 0 Å².